The Morgan fingerprint density at radius 1 is 1.09 bits per heavy atom. The molecule has 3 N–H and O–H groups in total. The van der Waals surface area contributed by atoms with E-state index in [0.717, 1.165) is 27.2 Å². The van der Waals surface area contributed by atoms with E-state index >= 15 is 0 Å². The minimum atomic E-state index is -1.17. The summed E-state index contributed by atoms with van der Waals surface area (Å²) in [5, 5.41) is 21.9. The number of ether oxygens (including phenoxy) is 1. The molecule has 2 amide bonds. The van der Waals surface area contributed by atoms with Gasteiger partial charge in [0.2, 0.25) is 5.91 Å². The zero-order valence-corrected chi connectivity index (χ0v) is 18.4. The minimum absolute atomic E-state index is 0.0230. The summed E-state index contributed by atoms with van der Waals surface area (Å²) in [6.07, 6.45) is -0.705. The molecule has 174 valence electrons. The van der Waals surface area contributed by atoms with Gasteiger partial charge in [0, 0.05) is 18.9 Å². The summed E-state index contributed by atoms with van der Waals surface area (Å²) in [5.74, 6) is -1.79. The van der Waals surface area contributed by atoms with Crippen LogP contribution in [0.5, 0.6) is 0 Å². The van der Waals surface area contributed by atoms with E-state index < -0.39 is 36.2 Å². The number of carboxylic acid groups (broad SMARTS) is 1. The molecule has 0 aromatic heterocycles. The third-order valence-corrected chi connectivity index (χ3v) is 6.36. The number of hydrogen-bond acceptors (Lipinski definition) is 5. The van der Waals surface area contributed by atoms with Crippen molar-refractivity contribution in [2.75, 3.05) is 13.2 Å². The fourth-order valence-corrected chi connectivity index (χ4v) is 4.82. The van der Waals surface area contributed by atoms with E-state index in [0.29, 0.717) is 12.8 Å². The number of carboxylic acids is 1. The molecule has 3 atom stereocenters. The Balaban J connectivity index is 1.43. The second kappa shape index (κ2) is 9.62. The van der Waals surface area contributed by atoms with Crippen LogP contribution in [0.4, 0.5) is 4.79 Å². The number of likely N-dealkylation sites (tertiary alicyclic amines) is 1. The topological polar surface area (TPSA) is 116 Å². The number of carbonyl (C=O) groups excluding carboxylic acids is 2. The number of amides is 2. The average Bonchev–Trinajstić information content (AvgIpc) is 3.35. The first-order valence-corrected chi connectivity index (χ1v) is 11.2. The molecule has 4 rings (SSSR count). The number of rotatable bonds is 7. The Bertz CT molecular complexity index is 1010. The molecule has 33 heavy (non-hydrogen) atoms. The first-order chi connectivity index (χ1) is 15.9. The van der Waals surface area contributed by atoms with Crippen LogP contribution >= 0.6 is 0 Å². The molecule has 0 saturated carbocycles. The Morgan fingerprint density at radius 2 is 1.70 bits per heavy atom. The molecule has 1 aliphatic carbocycles. The van der Waals surface area contributed by atoms with E-state index in [1.165, 1.54) is 0 Å². The summed E-state index contributed by atoms with van der Waals surface area (Å²) in [4.78, 5) is 38.3. The molecule has 1 fully saturated rings. The van der Waals surface area contributed by atoms with Gasteiger partial charge in [-0.3, -0.25) is 4.79 Å². The zero-order chi connectivity index (χ0) is 23.5. The quantitative estimate of drug-likeness (QED) is 0.595. The van der Waals surface area contributed by atoms with E-state index in [4.69, 9.17) is 4.74 Å². The first-order valence-electron chi connectivity index (χ1n) is 11.2. The fraction of sp³-hybridized carbons (Fsp3) is 0.400. The second-order valence-electron chi connectivity index (χ2n) is 8.55. The molecule has 8 nitrogen and oxygen atoms in total. The molecule has 0 spiro atoms. The van der Waals surface area contributed by atoms with Crippen LogP contribution in [0.25, 0.3) is 11.1 Å². The van der Waals surface area contributed by atoms with Crippen molar-refractivity contribution in [3.8, 4) is 11.1 Å². The molecule has 1 unspecified atom stereocenters. The molecular formula is C25H28N2O6. The van der Waals surface area contributed by atoms with Gasteiger partial charge in [-0.15, -0.1) is 0 Å². The van der Waals surface area contributed by atoms with Gasteiger partial charge in [-0.1, -0.05) is 61.9 Å². The predicted octanol–water partition coefficient (Wildman–Crippen LogP) is 2.74. The molecule has 2 aromatic rings. The van der Waals surface area contributed by atoms with Gasteiger partial charge in [-0.25, -0.2) is 9.59 Å². The number of nitrogens with one attached hydrogen (secondary N) is 1. The molecule has 0 radical (unpaired) electrons. The van der Waals surface area contributed by atoms with Crippen LogP contribution in [0.1, 0.15) is 43.2 Å². The van der Waals surface area contributed by atoms with Crippen molar-refractivity contribution in [2.45, 2.75) is 50.3 Å². The summed E-state index contributed by atoms with van der Waals surface area (Å²) in [5.41, 5.74) is 4.41. The van der Waals surface area contributed by atoms with Crippen LogP contribution in [0.2, 0.25) is 0 Å². The minimum Gasteiger partial charge on any atom is -0.480 e. The number of nitrogens with zero attached hydrogens (tertiary/aromatic N) is 1. The molecule has 1 aliphatic heterocycles. The molecule has 2 aromatic carbocycles. The number of aliphatic hydroxyl groups excluding tert-OH is 1. The van der Waals surface area contributed by atoms with Crippen LogP contribution in [-0.2, 0) is 14.3 Å². The van der Waals surface area contributed by atoms with E-state index in [2.05, 4.69) is 5.32 Å². The number of aliphatic hydroxyl groups is 1. The highest BCUT2D eigenvalue weighted by molar-refractivity contribution is 5.90. The molecule has 8 heteroatoms. The Morgan fingerprint density at radius 3 is 2.27 bits per heavy atom. The van der Waals surface area contributed by atoms with Gasteiger partial charge < -0.3 is 25.2 Å². The lowest BCUT2D eigenvalue weighted by Gasteiger charge is -2.27. The van der Waals surface area contributed by atoms with Gasteiger partial charge in [0.25, 0.3) is 0 Å². The van der Waals surface area contributed by atoms with E-state index in [-0.39, 0.29) is 25.5 Å². The Labute approximate surface area is 192 Å². The largest absolute Gasteiger partial charge is 0.480 e. The van der Waals surface area contributed by atoms with Crippen LogP contribution < -0.4 is 5.32 Å². The highest BCUT2D eigenvalue weighted by Gasteiger charge is 2.41. The SMILES string of the molecule is CCC[C@H](NC(=O)OCC1c2ccccc2-c2ccccc21)C(=O)N1CC(O)C[C@H]1C(=O)O. The third-order valence-electron chi connectivity index (χ3n) is 6.36. The van der Waals surface area contributed by atoms with Crippen molar-refractivity contribution in [1.82, 2.24) is 10.2 Å². The van der Waals surface area contributed by atoms with Crippen molar-refractivity contribution in [3.05, 3.63) is 59.7 Å². The predicted molar refractivity (Wildman–Crippen MR) is 121 cm³/mol. The van der Waals surface area contributed by atoms with Crippen LogP contribution in [0.3, 0.4) is 0 Å². The number of benzene rings is 2. The Kier molecular flexibility index (Phi) is 6.65. The summed E-state index contributed by atoms with van der Waals surface area (Å²) in [6.45, 7) is 1.92. The highest BCUT2D eigenvalue weighted by atomic mass is 16.5. The van der Waals surface area contributed by atoms with Gasteiger partial charge in [-0.2, -0.15) is 0 Å². The standard InChI is InChI=1S/C25H28N2O6/c1-2-7-21(23(29)27-13-15(28)12-22(27)24(30)31)26-25(32)33-14-20-18-10-5-3-8-16(18)17-9-4-6-11-19(17)20/h3-6,8-11,15,20-22,28H,2,7,12-14H2,1H3,(H,26,32)(H,30,31)/t15?,21-,22-/m0/s1. The number of β-amino-alcohol motifs (C(OH)–C–C–N with tert-alkyl or cyclic N) is 1. The summed E-state index contributed by atoms with van der Waals surface area (Å²) in [6, 6.07) is 14.0. The van der Waals surface area contributed by atoms with E-state index in [1.807, 2.05) is 55.5 Å². The van der Waals surface area contributed by atoms with Gasteiger partial charge in [0.05, 0.1) is 6.10 Å². The molecule has 0 bridgehead atoms. The van der Waals surface area contributed by atoms with E-state index in [9.17, 15) is 24.6 Å². The van der Waals surface area contributed by atoms with Gasteiger partial charge in [0.1, 0.15) is 18.7 Å². The summed E-state index contributed by atoms with van der Waals surface area (Å²) >= 11 is 0. The van der Waals surface area contributed by atoms with Crippen molar-refractivity contribution < 1.29 is 29.3 Å². The van der Waals surface area contributed by atoms with Gasteiger partial charge in [-0.05, 0) is 28.7 Å². The Hall–Kier alpha value is -3.39. The van der Waals surface area contributed by atoms with Crippen molar-refractivity contribution in [3.63, 3.8) is 0 Å². The highest BCUT2D eigenvalue weighted by Crippen LogP contribution is 2.44. The number of alkyl carbamates (subject to hydrolysis) is 1. The number of carbonyl (C=O) groups is 3. The van der Waals surface area contributed by atoms with Gasteiger partial charge in [0.15, 0.2) is 0 Å². The fourth-order valence-electron chi connectivity index (χ4n) is 4.82. The molecule has 2 aliphatic rings. The zero-order valence-electron chi connectivity index (χ0n) is 18.4. The van der Waals surface area contributed by atoms with Gasteiger partial charge >= 0.3 is 12.1 Å². The third kappa shape index (κ3) is 4.57. The maximum absolute atomic E-state index is 13.0. The maximum Gasteiger partial charge on any atom is 0.407 e. The normalized spacial score (nSPS) is 20.1. The maximum atomic E-state index is 13.0. The average molecular weight is 453 g/mol. The lowest BCUT2D eigenvalue weighted by atomic mass is 9.98. The van der Waals surface area contributed by atoms with Crippen molar-refractivity contribution in [2.24, 2.45) is 0 Å². The van der Waals surface area contributed by atoms with Crippen LogP contribution in [-0.4, -0.2) is 64.4 Å². The van der Waals surface area contributed by atoms with Crippen molar-refractivity contribution >= 4 is 18.0 Å². The molecular weight excluding hydrogens is 424 g/mol. The first kappa shape index (κ1) is 22.8. The summed E-state index contributed by atoms with van der Waals surface area (Å²) in [7, 11) is 0. The number of hydrogen-bond donors (Lipinski definition) is 3. The number of fused-ring (bicyclic) bond motifs is 3. The number of aliphatic carboxylic acids is 1. The van der Waals surface area contributed by atoms with Crippen LogP contribution in [0.15, 0.2) is 48.5 Å². The van der Waals surface area contributed by atoms with Crippen molar-refractivity contribution in [1.29, 1.82) is 0 Å². The summed E-state index contributed by atoms with van der Waals surface area (Å²) < 4.78 is 5.54. The monoisotopic (exact) mass is 452 g/mol. The smallest absolute Gasteiger partial charge is 0.407 e. The lowest BCUT2D eigenvalue weighted by Crippen LogP contribution is -2.52. The van der Waals surface area contributed by atoms with E-state index in [1.54, 1.807) is 0 Å². The molecule has 1 saturated heterocycles. The van der Waals surface area contributed by atoms with Crippen LogP contribution in [0, 0.1) is 0 Å². The lowest BCUT2D eigenvalue weighted by molar-refractivity contribution is -0.149. The molecule has 1 heterocycles. The second-order valence-corrected chi connectivity index (χ2v) is 8.55.